The number of hydrogen-bond acceptors (Lipinski definition) is 3. The summed E-state index contributed by atoms with van der Waals surface area (Å²) in [5.41, 5.74) is 2.51. The van der Waals surface area contributed by atoms with Gasteiger partial charge in [0, 0.05) is 28.7 Å². The fourth-order valence-corrected chi connectivity index (χ4v) is 2.65. The third kappa shape index (κ3) is 2.92. The molecule has 114 valence electrons. The SMILES string of the molecule is COc1cc2c(=O)c(C#N)c[nH]c2cc1Cc1ccc(Cl)cc1. The molecular formula is C18H13ClN2O2. The number of methoxy groups -OCH3 is 1. The topological polar surface area (TPSA) is 65.9 Å². The minimum Gasteiger partial charge on any atom is -0.496 e. The van der Waals surface area contributed by atoms with Crippen LogP contribution in [0.15, 0.2) is 47.4 Å². The molecule has 0 saturated carbocycles. The van der Waals surface area contributed by atoms with Crippen molar-refractivity contribution >= 4 is 22.5 Å². The number of H-pyrrole nitrogens is 1. The summed E-state index contributed by atoms with van der Waals surface area (Å²) in [6.07, 6.45) is 2.08. The molecule has 0 unspecified atom stereocenters. The lowest BCUT2D eigenvalue weighted by Crippen LogP contribution is -2.08. The third-order valence-electron chi connectivity index (χ3n) is 3.71. The molecule has 2 aromatic carbocycles. The molecule has 3 aromatic rings. The van der Waals surface area contributed by atoms with Gasteiger partial charge in [0.1, 0.15) is 17.4 Å². The number of halogens is 1. The second-order valence-electron chi connectivity index (χ2n) is 5.16. The first-order valence-electron chi connectivity index (χ1n) is 6.99. The number of hydrogen-bond donors (Lipinski definition) is 1. The van der Waals surface area contributed by atoms with Gasteiger partial charge >= 0.3 is 0 Å². The quantitative estimate of drug-likeness (QED) is 0.799. The Kier molecular flexibility index (Phi) is 4.05. The van der Waals surface area contributed by atoms with E-state index in [2.05, 4.69) is 4.98 Å². The first-order chi connectivity index (χ1) is 11.1. The predicted molar refractivity (Wildman–Crippen MR) is 90.1 cm³/mol. The van der Waals surface area contributed by atoms with E-state index in [-0.39, 0.29) is 11.0 Å². The Balaban J connectivity index is 2.12. The van der Waals surface area contributed by atoms with Crippen LogP contribution in [0.1, 0.15) is 16.7 Å². The summed E-state index contributed by atoms with van der Waals surface area (Å²) in [6.45, 7) is 0. The first kappa shape index (κ1) is 15.1. The average Bonchev–Trinajstić information content (AvgIpc) is 2.57. The zero-order valence-corrected chi connectivity index (χ0v) is 13.1. The maximum Gasteiger partial charge on any atom is 0.207 e. The molecule has 0 aliphatic rings. The van der Waals surface area contributed by atoms with Crippen LogP contribution < -0.4 is 10.2 Å². The standard InChI is InChI=1S/C18H13ClN2O2/c1-23-17-8-15-16(21-10-13(9-20)18(15)22)7-12(17)6-11-2-4-14(19)5-3-11/h2-5,7-8,10H,6H2,1H3,(H,21,22). The monoisotopic (exact) mass is 324 g/mol. The maximum absolute atomic E-state index is 12.2. The summed E-state index contributed by atoms with van der Waals surface area (Å²) in [5, 5.41) is 10.1. The molecule has 23 heavy (non-hydrogen) atoms. The second-order valence-corrected chi connectivity index (χ2v) is 5.59. The number of nitrogens with one attached hydrogen (secondary N) is 1. The van der Waals surface area contributed by atoms with Crippen molar-refractivity contribution in [2.24, 2.45) is 0 Å². The summed E-state index contributed by atoms with van der Waals surface area (Å²) in [7, 11) is 1.56. The van der Waals surface area contributed by atoms with Crippen LogP contribution in [0.25, 0.3) is 10.9 Å². The van der Waals surface area contributed by atoms with Crippen LogP contribution >= 0.6 is 11.6 Å². The molecular weight excluding hydrogens is 312 g/mol. The summed E-state index contributed by atoms with van der Waals surface area (Å²) < 4.78 is 5.42. The number of rotatable bonds is 3. The molecule has 0 bridgehead atoms. The molecule has 0 aliphatic heterocycles. The largest absolute Gasteiger partial charge is 0.496 e. The van der Waals surface area contributed by atoms with Crippen molar-refractivity contribution in [2.45, 2.75) is 6.42 Å². The van der Waals surface area contributed by atoms with Crippen LogP contribution in [-0.2, 0) is 6.42 Å². The van der Waals surface area contributed by atoms with Crippen molar-refractivity contribution in [3.63, 3.8) is 0 Å². The summed E-state index contributed by atoms with van der Waals surface area (Å²) >= 11 is 5.91. The van der Waals surface area contributed by atoms with Crippen LogP contribution in [0.2, 0.25) is 5.02 Å². The van der Waals surface area contributed by atoms with Gasteiger partial charge in [0.25, 0.3) is 0 Å². The molecule has 5 heteroatoms. The lowest BCUT2D eigenvalue weighted by atomic mass is 10.0. The van der Waals surface area contributed by atoms with E-state index in [0.717, 1.165) is 11.1 Å². The molecule has 4 nitrogen and oxygen atoms in total. The van der Waals surface area contributed by atoms with Crippen molar-refractivity contribution in [1.82, 2.24) is 4.98 Å². The third-order valence-corrected chi connectivity index (χ3v) is 3.96. The molecule has 0 atom stereocenters. The van der Waals surface area contributed by atoms with Crippen LogP contribution in [-0.4, -0.2) is 12.1 Å². The summed E-state index contributed by atoms with van der Waals surface area (Å²) in [5.74, 6) is 0.619. The van der Waals surface area contributed by atoms with E-state index in [1.54, 1.807) is 13.2 Å². The second kappa shape index (κ2) is 6.15. The van der Waals surface area contributed by atoms with Crippen molar-refractivity contribution in [1.29, 1.82) is 5.26 Å². The van der Waals surface area contributed by atoms with Crippen molar-refractivity contribution in [3.8, 4) is 11.8 Å². The number of ether oxygens (including phenoxy) is 1. The number of aromatic nitrogens is 1. The normalized spacial score (nSPS) is 10.5. The highest BCUT2D eigenvalue weighted by molar-refractivity contribution is 6.30. The van der Waals surface area contributed by atoms with E-state index < -0.39 is 0 Å². The number of benzene rings is 2. The highest BCUT2D eigenvalue weighted by Gasteiger charge is 2.11. The van der Waals surface area contributed by atoms with Crippen LogP contribution in [0.3, 0.4) is 0 Å². The fraction of sp³-hybridized carbons (Fsp3) is 0.111. The number of nitriles is 1. The van der Waals surface area contributed by atoms with E-state index >= 15 is 0 Å². The van der Waals surface area contributed by atoms with E-state index in [1.807, 2.05) is 36.4 Å². The zero-order chi connectivity index (χ0) is 16.4. The van der Waals surface area contributed by atoms with Crippen molar-refractivity contribution < 1.29 is 4.74 Å². The molecule has 1 heterocycles. The Hall–Kier alpha value is -2.77. The summed E-state index contributed by atoms with van der Waals surface area (Å²) in [4.78, 5) is 15.2. The van der Waals surface area contributed by atoms with Crippen LogP contribution in [0, 0.1) is 11.3 Å². The highest BCUT2D eigenvalue weighted by atomic mass is 35.5. The van der Waals surface area contributed by atoms with Gasteiger partial charge < -0.3 is 9.72 Å². The Labute approximate surface area is 137 Å². The lowest BCUT2D eigenvalue weighted by molar-refractivity contribution is 0.411. The predicted octanol–water partition coefficient (Wildman–Crippen LogP) is 3.65. The van der Waals surface area contributed by atoms with Gasteiger partial charge in [0.05, 0.1) is 12.5 Å². The van der Waals surface area contributed by atoms with Crippen LogP contribution in [0.4, 0.5) is 0 Å². The van der Waals surface area contributed by atoms with Gasteiger partial charge in [-0.3, -0.25) is 4.79 Å². The van der Waals surface area contributed by atoms with Gasteiger partial charge in [0.2, 0.25) is 5.43 Å². The minimum atomic E-state index is -0.294. The molecule has 0 saturated heterocycles. The Bertz CT molecular complexity index is 969. The van der Waals surface area contributed by atoms with E-state index in [1.165, 1.54) is 6.20 Å². The van der Waals surface area contributed by atoms with Crippen molar-refractivity contribution in [2.75, 3.05) is 7.11 Å². The zero-order valence-electron chi connectivity index (χ0n) is 12.4. The number of nitrogens with zero attached hydrogens (tertiary/aromatic N) is 1. The molecule has 0 fully saturated rings. The van der Waals surface area contributed by atoms with Gasteiger partial charge in [-0.2, -0.15) is 5.26 Å². The van der Waals surface area contributed by atoms with Gasteiger partial charge in [-0.1, -0.05) is 23.7 Å². The number of pyridine rings is 1. The first-order valence-corrected chi connectivity index (χ1v) is 7.37. The Morgan fingerprint density at radius 3 is 2.65 bits per heavy atom. The summed E-state index contributed by atoms with van der Waals surface area (Å²) in [6, 6.07) is 13.0. The average molecular weight is 325 g/mol. The molecule has 1 N–H and O–H groups in total. The Morgan fingerprint density at radius 2 is 2.00 bits per heavy atom. The highest BCUT2D eigenvalue weighted by Crippen LogP contribution is 2.26. The van der Waals surface area contributed by atoms with Crippen molar-refractivity contribution in [3.05, 3.63) is 74.5 Å². The fourth-order valence-electron chi connectivity index (χ4n) is 2.53. The van der Waals surface area contributed by atoms with Gasteiger partial charge in [-0.05, 0) is 29.8 Å². The lowest BCUT2D eigenvalue weighted by Gasteiger charge is -2.11. The van der Waals surface area contributed by atoms with Gasteiger partial charge in [0.15, 0.2) is 0 Å². The molecule has 3 rings (SSSR count). The smallest absolute Gasteiger partial charge is 0.207 e. The number of fused-ring (bicyclic) bond motifs is 1. The molecule has 0 spiro atoms. The number of aromatic amines is 1. The molecule has 0 radical (unpaired) electrons. The molecule has 0 amide bonds. The van der Waals surface area contributed by atoms with Crippen LogP contribution in [0.5, 0.6) is 5.75 Å². The maximum atomic E-state index is 12.2. The van der Waals surface area contributed by atoms with E-state index in [9.17, 15) is 4.79 Å². The van der Waals surface area contributed by atoms with Gasteiger partial charge in [-0.25, -0.2) is 0 Å². The Morgan fingerprint density at radius 1 is 1.26 bits per heavy atom. The molecule has 1 aromatic heterocycles. The van der Waals surface area contributed by atoms with E-state index in [0.29, 0.717) is 28.1 Å². The van der Waals surface area contributed by atoms with E-state index in [4.69, 9.17) is 21.6 Å². The van der Waals surface area contributed by atoms with Gasteiger partial charge in [-0.15, -0.1) is 0 Å². The minimum absolute atomic E-state index is 0.0880. The molecule has 0 aliphatic carbocycles.